The summed E-state index contributed by atoms with van der Waals surface area (Å²) in [6.07, 6.45) is 2.32. The van der Waals surface area contributed by atoms with E-state index in [-0.39, 0.29) is 18.6 Å². The second-order valence-corrected chi connectivity index (χ2v) is 6.71. The number of benzene rings is 2. The number of carbonyl (C=O) groups is 1. The van der Waals surface area contributed by atoms with Crippen LogP contribution in [0, 0.1) is 5.92 Å². The van der Waals surface area contributed by atoms with Gasteiger partial charge < -0.3 is 19.1 Å². The number of ether oxygens (including phenoxy) is 3. The second-order valence-electron chi connectivity index (χ2n) is 6.71. The molecule has 3 rings (SSSR count). The Morgan fingerprint density at radius 1 is 1.07 bits per heavy atom. The Morgan fingerprint density at radius 2 is 1.70 bits per heavy atom. The molecule has 0 radical (unpaired) electrons. The van der Waals surface area contributed by atoms with Gasteiger partial charge in [0.05, 0.1) is 13.7 Å². The van der Waals surface area contributed by atoms with E-state index in [1.54, 1.807) is 7.11 Å². The summed E-state index contributed by atoms with van der Waals surface area (Å²) < 4.78 is 16.6. The van der Waals surface area contributed by atoms with Crippen LogP contribution in [0.1, 0.15) is 26.7 Å². The van der Waals surface area contributed by atoms with Crippen molar-refractivity contribution in [3.63, 3.8) is 0 Å². The summed E-state index contributed by atoms with van der Waals surface area (Å²) in [7, 11) is 1.63. The third kappa shape index (κ3) is 4.73. The van der Waals surface area contributed by atoms with Crippen LogP contribution in [0.3, 0.4) is 0 Å². The fourth-order valence-corrected chi connectivity index (χ4v) is 3.19. The second kappa shape index (κ2) is 8.80. The van der Waals surface area contributed by atoms with E-state index in [4.69, 9.17) is 14.2 Å². The average molecular weight is 369 g/mol. The van der Waals surface area contributed by atoms with Crippen LogP contribution in [-0.4, -0.2) is 32.3 Å². The largest absolute Gasteiger partial charge is 0.497 e. The van der Waals surface area contributed by atoms with Crippen molar-refractivity contribution in [3.05, 3.63) is 48.5 Å². The highest BCUT2D eigenvalue weighted by atomic mass is 16.5. The van der Waals surface area contributed by atoms with E-state index in [1.165, 1.54) is 0 Å². The zero-order valence-corrected chi connectivity index (χ0v) is 16.2. The Labute approximate surface area is 160 Å². The lowest BCUT2D eigenvalue weighted by molar-refractivity contribution is -0.121. The highest BCUT2D eigenvalue weighted by Gasteiger charge is 2.35. The van der Waals surface area contributed by atoms with Crippen LogP contribution in [0.4, 0.5) is 5.69 Å². The molecule has 0 aromatic heterocycles. The van der Waals surface area contributed by atoms with Crippen LogP contribution in [-0.2, 0) is 4.79 Å². The number of nitrogens with zero attached hydrogens (tertiary/aromatic N) is 1. The number of hydrogen-bond acceptors (Lipinski definition) is 4. The lowest BCUT2D eigenvalue weighted by Gasteiger charge is -2.29. The SMILES string of the molecule is CCOc1ccccc1OCC(=O)N(c1ccc(OC)cc1)C(C)C1CC1. The molecule has 0 heterocycles. The number of amides is 1. The molecule has 1 aliphatic rings. The van der Waals surface area contributed by atoms with Crippen molar-refractivity contribution in [3.8, 4) is 17.2 Å². The van der Waals surface area contributed by atoms with Crippen molar-refractivity contribution in [1.29, 1.82) is 0 Å². The van der Waals surface area contributed by atoms with Gasteiger partial charge in [0.2, 0.25) is 0 Å². The molecule has 0 aliphatic heterocycles. The van der Waals surface area contributed by atoms with E-state index >= 15 is 0 Å². The van der Waals surface area contributed by atoms with Crippen LogP contribution in [0.2, 0.25) is 0 Å². The van der Waals surface area contributed by atoms with Crippen LogP contribution in [0.5, 0.6) is 17.2 Å². The molecule has 0 saturated heterocycles. The molecular weight excluding hydrogens is 342 g/mol. The zero-order chi connectivity index (χ0) is 19.2. The lowest BCUT2D eigenvalue weighted by Crippen LogP contribution is -2.42. The molecule has 1 amide bonds. The normalized spacial score (nSPS) is 14.3. The maximum atomic E-state index is 13.0. The van der Waals surface area contributed by atoms with Crippen LogP contribution >= 0.6 is 0 Å². The summed E-state index contributed by atoms with van der Waals surface area (Å²) in [6, 6.07) is 15.2. The van der Waals surface area contributed by atoms with Crippen molar-refractivity contribution in [2.45, 2.75) is 32.7 Å². The minimum absolute atomic E-state index is 0.0345. The van der Waals surface area contributed by atoms with Crippen molar-refractivity contribution in [1.82, 2.24) is 0 Å². The summed E-state index contributed by atoms with van der Waals surface area (Å²) in [5.41, 5.74) is 0.863. The Morgan fingerprint density at radius 3 is 2.26 bits per heavy atom. The Hall–Kier alpha value is -2.69. The van der Waals surface area contributed by atoms with Gasteiger partial charge in [0.25, 0.3) is 5.91 Å². The first-order valence-corrected chi connectivity index (χ1v) is 9.44. The summed E-state index contributed by atoms with van der Waals surface area (Å²) in [6.45, 7) is 4.54. The van der Waals surface area contributed by atoms with Gasteiger partial charge in [-0.15, -0.1) is 0 Å². The lowest BCUT2D eigenvalue weighted by atomic mass is 10.1. The topological polar surface area (TPSA) is 48.0 Å². The minimum atomic E-state index is -0.0640. The number of anilines is 1. The standard InChI is InChI=1S/C22H27NO4/c1-4-26-20-7-5-6-8-21(20)27-15-22(24)23(16(2)17-9-10-17)18-11-13-19(25-3)14-12-18/h5-8,11-14,16-17H,4,9-10,15H2,1-3H3. The number of rotatable bonds is 9. The zero-order valence-electron chi connectivity index (χ0n) is 16.2. The third-order valence-corrected chi connectivity index (χ3v) is 4.83. The van der Waals surface area contributed by atoms with Crippen molar-refractivity contribution < 1.29 is 19.0 Å². The van der Waals surface area contributed by atoms with Gasteiger partial charge in [0.1, 0.15) is 5.75 Å². The van der Waals surface area contributed by atoms with E-state index in [0.717, 1.165) is 24.3 Å². The number of carbonyl (C=O) groups excluding carboxylic acids is 1. The van der Waals surface area contributed by atoms with Gasteiger partial charge in [-0.05, 0) is 69.0 Å². The molecule has 0 bridgehead atoms. The molecule has 5 heteroatoms. The molecule has 2 aromatic rings. The van der Waals surface area contributed by atoms with Gasteiger partial charge in [-0.2, -0.15) is 0 Å². The van der Waals surface area contributed by atoms with E-state index in [9.17, 15) is 4.79 Å². The van der Waals surface area contributed by atoms with Gasteiger partial charge in [0, 0.05) is 11.7 Å². The first-order chi connectivity index (χ1) is 13.1. The molecule has 5 nitrogen and oxygen atoms in total. The predicted molar refractivity (Wildman–Crippen MR) is 106 cm³/mol. The first kappa shape index (κ1) is 19.1. The summed E-state index contributed by atoms with van der Waals surface area (Å²) in [4.78, 5) is 14.9. The third-order valence-electron chi connectivity index (χ3n) is 4.83. The molecule has 0 N–H and O–H groups in total. The van der Waals surface area contributed by atoms with Crippen molar-refractivity contribution in [2.75, 3.05) is 25.2 Å². The molecular formula is C22H27NO4. The van der Waals surface area contributed by atoms with Gasteiger partial charge >= 0.3 is 0 Å². The average Bonchev–Trinajstić information content (AvgIpc) is 3.53. The van der Waals surface area contributed by atoms with E-state index in [0.29, 0.717) is 24.0 Å². The maximum absolute atomic E-state index is 13.0. The number of methoxy groups -OCH3 is 1. The molecule has 1 unspecified atom stereocenters. The summed E-state index contributed by atoms with van der Waals surface area (Å²) >= 11 is 0. The van der Waals surface area contributed by atoms with Gasteiger partial charge in [-0.3, -0.25) is 4.79 Å². The van der Waals surface area contributed by atoms with Crippen LogP contribution < -0.4 is 19.1 Å². The molecule has 2 aromatic carbocycles. The van der Waals surface area contributed by atoms with E-state index < -0.39 is 0 Å². The van der Waals surface area contributed by atoms with Crippen LogP contribution in [0.15, 0.2) is 48.5 Å². The molecule has 0 spiro atoms. The monoisotopic (exact) mass is 369 g/mol. The molecule has 1 saturated carbocycles. The van der Waals surface area contributed by atoms with E-state index in [1.807, 2.05) is 60.4 Å². The smallest absolute Gasteiger partial charge is 0.265 e. The minimum Gasteiger partial charge on any atom is -0.497 e. The Balaban J connectivity index is 1.75. The molecule has 27 heavy (non-hydrogen) atoms. The van der Waals surface area contributed by atoms with E-state index in [2.05, 4.69) is 6.92 Å². The fourth-order valence-electron chi connectivity index (χ4n) is 3.19. The Bertz CT molecular complexity index is 755. The summed E-state index contributed by atoms with van der Waals surface area (Å²) in [5, 5.41) is 0. The molecule has 1 aliphatic carbocycles. The molecule has 1 atom stereocenters. The van der Waals surface area contributed by atoms with Gasteiger partial charge in [-0.25, -0.2) is 0 Å². The summed E-state index contributed by atoms with van der Waals surface area (Å²) in [5.74, 6) is 2.49. The highest BCUT2D eigenvalue weighted by molar-refractivity contribution is 5.95. The van der Waals surface area contributed by atoms with Crippen molar-refractivity contribution in [2.24, 2.45) is 5.92 Å². The molecule has 1 fully saturated rings. The highest BCUT2D eigenvalue weighted by Crippen LogP contribution is 2.37. The van der Waals surface area contributed by atoms with Gasteiger partial charge in [0.15, 0.2) is 18.1 Å². The quantitative estimate of drug-likeness (QED) is 0.661. The number of hydrogen-bond donors (Lipinski definition) is 0. The fraction of sp³-hybridized carbons (Fsp3) is 0.409. The van der Waals surface area contributed by atoms with Gasteiger partial charge in [-0.1, -0.05) is 12.1 Å². The van der Waals surface area contributed by atoms with Crippen molar-refractivity contribution >= 4 is 11.6 Å². The molecule has 144 valence electrons. The maximum Gasteiger partial charge on any atom is 0.265 e. The first-order valence-electron chi connectivity index (χ1n) is 9.44. The number of para-hydroxylation sites is 2. The Kier molecular flexibility index (Phi) is 6.22. The predicted octanol–water partition coefficient (Wildman–Crippen LogP) is 4.30. The van der Waals surface area contributed by atoms with Crippen LogP contribution in [0.25, 0.3) is 0 Å².